The molecule has 2 aromatic rings. The molecular weight excluding hydrogens is 170 g/mol. The maximum absolute atomic E-state index is 4.20. The van der Waals surface area contributed by atoms with Gasteiger partial charge in [0.15, 0.2) is 0 Å². The second kappa shape index (κ2) is 4.05. The molecule has 0 atom stereocenters. The van der Waals surface area contributed by atoms with Crippen molar-refractivity contribution in [2.24, 2.45) is 0 Å². The number of rotatable bonds is 2. The first-order valence-corrected chi connectivity index (χ1v) is 4.70. The van der Waals surface area contributed by atoms with E-state index in [0.717, 1.165) is 5.56 Å². The largest absolute Gasteiger partial charge is 0.264 e. The van der Waals surface area contributed by atoms with Crippen LogP contribution in [-0.2, 0) is 0 Å². The molecule has 1 aromatic heterocycles. The summed E-state index contributed by atoms with van der Waals surface area (Å²) in [5.74, 6) is 0. The Balaban J connectivity index is 2.42. The van der Waals surface area contributed by atoms with Crippen LogP contribution in [0.5, 0.6) is 0 Å². The Morgan fingerprint density at radius 3 is 2.50 bits per heavy atom. The normalized spacial score (nSPS) is 10.1. The van der Waals surface area contributed by atoms with Gasteiger partial charge in [0.1, 0.15) is 0 Å². The lowest BCUT2D eigenvalue weighted by molar-refractivity contribution is 1.27. The summed E-state index contributed by atoms with van der Waals surface area (Å²) in [7, 11) is 0. The fourth-order valence-electron chi connectivity index (χ4n) is 1.40. The monoisotopic (exact) mass is 182 g/mol. The van der Waals surface area contributed by atoms with Crippen molar-refractivity contribution in [3.63, 3.8) is 0 Å². The minimum Gasteiger partial charge on any atom is -0.264 e. The SMILES string of the molecule is C[CH]c1cncc(-c2ccccc2)c1. The summed E-state index contributed by atoms with van der Waals surface area (Å²) in [6.45, 7) is 2.02. The lowest BCUT2D eigenvalue weighted by Crippen LogP contribution is -1.83. The second-order valence-corrected chi connectivity index (χ2v) is 3.16. The van der Waals surface area contributed by atoms with Gasteiger partial charge in [0, 0.05) is 18.0 Å². The van der Waals surface area contributed by atoms with Gasteiger partial charge in [0.05, 0.1) is 0 Å². The predicted octanol–water partition coefficient (Wildman–Crippen LogP) is 3.32. The molecule has 69 valence electrons. The predicted molar refractivity (Wildman–Crippen MR) is 58.7 cm³/mol. The summed E-state index contributed by atoms with van der Waals surface area (Å²) in [4.78, 5) is 4.20. The zero-order chi connectivity index (χ0) is 9.80. The molecule has 0 saturated heterocycles. The minimum atomic E-state index is 1.16. The van der Waals surface area contributed by atoms with Crippen LogP contribution in [0.1, 0.15) is 12.5 Å². The van der Waals surface area contributed by atoms with Crippen LogP contribution in [0.4, 0.5) is 0 Å². The summed E-state index contributed by atoms with van der Waals surface area (Å²) >= 11 is 0. The van der Waals surface area contributed by atoms with Crippen molar-refractivity contribution in [1.82, 2.24) is 4.98 Å². The first kappa shape index (κ1) is 8.95. The van der Waals surface area contributed by atoms with Gasteiger partial charge in [-0.1, -0.05) is 37.3 Å². The van der Waals surface area contributed by atoms with Gasteiger partial charge in [0.2, 0.25) is 0 Å². The Kier molecular flexibility index (Phi) is 2.59. The van der Waals surface area contributed by atoms with Crippen molar-refractivity contribution in [1.29, 1.82) is 0 Å². The third kappa shape index (κ3) is 1.82. The fraction of sp³-hybridized carbons (Fsp3) is 0.0769. The average Bonchev–Trinajstić information content (AvgIpc) is 2.30. The summed E-state index contributed by atoms with van der Waals surface area (Å²) in [6, 6.07) is 12.4. The van der Waals surface area contributed by atoms with Crippen molar-refractivity contribution < 1.29 is 0 Å². The van der Waals surface area contributed by atoms with Gasteiger partial charge in [-0.05, 0) is 23.6 Å². The average molecular weight is 182 g/mol. The molecular formula is C13H12N. The van der Waals surface area contributed by atoms with Crippen molar-refractivity contribution in [2.45, 2.75) is 6.92 Å². The van der Waals surface area contributed by atoms with Crippen molar-refractivity contribution >= 4 is 0 Å². The van der Waals surface area contributed by atoms with Crippen LogP contribution in [0.15, 0.2) is 48.8 Å². The van der Waals surface area contributed by atoms with Crippen LogP contribution in [0.2, 0.25) is 0 Å². The first-order valence-electron chi connectivity index (χ1n) is 4.70. The highest BCUT2D eigenvalue weighted by molar-refractivity contribution is 5.63. The Morgan fingerprint density at radius 2 is 1.79 bits per heavy atom. The molecule has 0 unspecified atom stereocenters. The van der Waals surface area contributed by atoms with E-state index in [4.69, 9.17) is 0 Å². The van der Waals surface area contributed by atoms with E-state index in [0.29, 0.717) is 0 Å². The minimum absolute atomic E-state index is 1.16. The van der Waals surface area contributed by atoms with Gasteiger partial charge in [-0.15, -0.1) is 0 Å². The molecule has 1 radical (unpaired) electrons. The van der Waals surface area contributed by atoms with Crippen LogP contribution in [-0.4, -0.2) is 4.98 Å². The number of hydrogen-bond acceptors (Lipinski definition) is 1. The Hall–Kier alpha value is -1.63. The summed E-state index contributed by atoms with van der Waals surface area (Å²) in [5, 5.41) is 0. The molecule has 2 rings (SSSR count). The molecule has 1 aromatic carbocycles. The van der Waals surface area contributed by atoms with Crippen molar-refractivity contribution in [3.8, 4) is 11.1 Å². The number of benzene rings is 1. The second-order valence-electron chi connectivity index (χ2n) is 3.16. The highest BCUT2D eigenvalue weighted by atomic mass is 14.6. The summed E-state index contributed by atoms with van der Waals surface area (Å²) < 4.78 is 0. The van der Waals surface area contributed by atoms with Crippen LogP contribution >= 0.6 is 0 Å². The van der Waals surface area contributed by atoms with Crippen molar-refractivity contribution in [3.05, 3.63) is 60.8 Å². The molecule has 0 spiro atoms. The van der Waals surface area contributed by atoms with E-state index >= 15 is 0 Å². The molecule has 0 bridgehead atoms. The summed E-state index contributed by atoms with van der Waals surface area (Å²) in [6.07, 6.45) is 5.81. The highest BCUT2D eigenvalue weighted by Crippen LogP contribution is 2.18. The zero-order valence-corrected chi connectivity index (χ0v) is 8.14. The number of nitrogens with zero attached hydrogens (tertiary/aromatic N) is 1. The van der Waals surface area contributed by atoms with Crippen molar-refractivity contribution in [2.75, 3.05) is 0 Å². The lowest BCUT2D eigenvalue weighted by Gasteiger charge is -2.02. The Morgan fingerprint density at radius 1 is 1.00 bits per heavy atom. The van der Waals surface area contributed by atoms with E-state index < -0.39 is 0 Å². The molecule has 0 amide bonds. The van der Waals surface area contributed by atoms with Gasteiger partial charge in [0.25, 0.3) is 0 Å². The fourth-order valence-corrected chi connectivity index (χ4v) is 1.40. The number of pyridine rings is 1. The van der Waals surface area contributed by atoms with Gasteiger partial charge in [-0.25, -0.2) is 0 Å². The molecule has 0 aliphatic rings. The number of hydrogen-bond donors (Lipinski definition) is 0. The van der Waals surface area contributed by atoms with Gasteiger partial charge in [-0.3, -0.25) is 4.98 Å². The maximum Gasteiger partial charge on any atom is 0.0346 e. The van der Waals surface area contributed by atoms with Gasteiger partial charge in [-0.2, -0.15) is 0 Å². The molecule has 0 fully saturated rings. The van der Waals surface area contributed by atoms with E-state index in [9.17, 15) is 0 Å². The van der Waals surface area contributed by atoms with E-state index in [1.807, 2.05) is 37.5 Å². The third-order valence-electron chi connectivity index (χ3n) is 2.20. The standard InChI is InChI=1S/C13H12N/c1-2-11-8-13(10-14-9-11)12-6-4-3-5-7-12/h2-10H,1H3. The quantitative estimate of drug-likeness (QED) is 0.694. The topological polar surface area (TPSA) is 12.9 Å². The molecule has 1 heterocycles. The molecule has 0 N–H and O–H groups in total. The van der Waals surface area contributed by atoms with E-state index in [1.165, 1.54) is 11.1 Å². The van der Waals surface area contributed by atoms with Gasteiger partial charge < -0.3 is 0 Å². The maximum atomic E-state index is 4.20. The zero-order valence-electron chi connectivity index (χ0n) is 8.14. The van der Waals surface area contributed by atoms with Crippen LogP contribution in [0, 0.1) is 6.42 Å². The van der Waals surface area contributed by atoms with Crippen LogP contribution in [0.3, 0.4) is 0 Å². The van der Waals surface area contributed by atoms with Crippen LogP contribution in [0.25, 0.3) is 11.1 Å². The summed E-state index contributed by atoms with van der Waals surface area (Å²) in [5.41, 5.74) is 3.54. The molecule has 1 heteroatoms. The third-order valence-corrected chi connectivity index (χ3v) is 2.20. The molecule has 14 heavy (non-hydrogen) atoms. The van der Waals surface area contributed by atoms with E-state index in [2.05, 4.69) is 29.6 Å². The Labute approximate surface area is 84.4 Å². The van der Waals surface area contributed by atoms with Crippen LogP contribution < -0.4 is 0 Å². The molecule has 0 saturated carbocycles. The van der Waals surface area contributed by atoms with E-state index in [1.54, 1.807) is 0 Å². The molecule has 1 nitrogen and oxygen atoms in total. The lowest BCUT2D eigenvalue weighted by atomic mass is 10.1. The highest BCUT2D eigenvalue weighted by Gasteiger charge is 1.97. The van der Waals surface area contributed by atoms with Gasteiger partial charge >= 0.3 is 0 Å². The van der Waals surface area contributed by atoms with E-state index in [-0.39, 0.29) is 0 Å². The molecule has 0 aliphatic heterocycles. The first-order chi connectivity index (χ1) is 6.90. The number of aromatic nitrogens is 1. The Bertz CT molecular complexity index is 407. The smallest absolute Gasteiger partial charge is 0.0346 e. The molecule has 0 aliphatic carbocycles.